The van der Waals surface area contributed by atoms with Gasteiger partial charge in [0.2, 0.25) is 0 Å². The maximum absolute atomic E-state index is 9.97. The Morgan fingerprint density at radius 2 is 1.62 bits per heavy atom. The van der Waals surface area contributed by atoms with Crippen molar-refractivity contribution in [2.45, 2.75) is 100 Å². The smallest absolute Gasteiger partial charge is 0.123 e. The number of rotatable bonds is 10. The number of hydrogen-bond donors (Lipinski definition) is 2. The normalized spacial score (nSPS) is 14.8. The molecule has 40 heavy (non-hydrogen) atoms. The maximum Gasteiger partial charge on any atom is 0.123 e. The Kier molecular flexibility index (Phi) is 16.5. The van der Waals surface area contributed by atoms with Crippen LogP contribution in [0.2, 0.25) is 0 Å². The predicted molar refractivity (Wildman–Crippen MR) is 180 cm³/mol. The number of hydrogen-bond acceptors (Lipinski definition) is 5. The fraction of sp³-hybridized carbons (Fsp3) is 0.514. The first-order valence-electron chi connectivity index (χ1n) is 14.9. The topological polar surface area (TPSA) is 44.4 Å². The van der Waals surface area contributed by atoms with Crippen LogP contribution in [0.15, 0.2) is 59.0 Å². The lowest BCUT2D eigenvalue weighted by Crippen LogP contribution is -2.32. The molecule has 222 valence electrons. The van der Waals surface area contributed by atoms with E-state index in [1.165, 1.54) is 45.0 Å². The summed E-state index contributed by atoms with van der Waals surface area (Å²) in [6.07, 6.45) is 7.38. The number of nitrogens with one attached hydrogen (secondary N) is 2. The Morgan fingerprint density at radius 3 is 2.08 bits per heavy atom. The van der Waals surface area contributed by atoms with Crippen LogP contribution in [-0.4, -0.2) is 30.8 Å². The van der Waals surface area contributed by atoms with Crippen LogP contribution in [-0.2, 0) is 4.79 Å². The molecule has 1 aliphatic heterocycles. The molecule has 1 aliphatic rings. The molecule has 5 heteroatoms. The SMILES string of the molecule is C=C(S/C(C)=C\C)N(C)C(CC)c1c(C)cc(C)cc1C.CCC(C=O)CC.CCC1CNc2ccccc2N1. The molecule has 2 atom stereocenters. The summed E-state index contributed by atoms with van der Waals surface area (Å²) >= 11 is 1.75. The summed E-state index contributed by atoms with van der Waals surface area (Å²) in [4.78, 5) is 13.6. The largest absolute Gasteiger partial charge is 0.381 e. The fourth-order valence-corrected chi connectivity index (χ4v) is 5.63. The highest BCUT2D eigenvalue weighted by atomic mass is 32.2. The molecule has 3 rings (SSSR count). The number of allylic oxidation sites excluding steroid dienone is 2. The summed E-state index contributed by atoms with van der Waals surface area (Å²) in [6, 6.07) is 13.9. The third-order valence-corrected chi connectivity index (χ3v) is 8.65. The lowest BCUT2D eigenvalue weighted by molar-refractivity contribution is -0.111. The second-order valence-corrected chi connectivity index (χ2v) is 12.0. The molecule has 2 aromatic carbocycles. The minimum Gasteiger partial charge on any atom is -0.381 e. The molecule has 0 amide bonds. The van der Waals surface area contributed by atoms with Gasteiger partial charge in [0.1, 0.15) is 6.29 Å². The van der Waals surface area contributed by atoms with E-state index in [9.17, 15) is 4.79 Å². The predicted octanol–water partition coefficient (Wildman–Crippen LogP) is 10.0. The summed E-state index contributed by atoms with van der Waals surface area (Å²) in [7, 11) is 2.16. The molecular formula is C35H55N3OS. The van der Waals surface area contributed by atoms with Crippen LogP contribution >= 0.6 is 11.8 Å². The Hall–Kier alpha value is -2.66. The van der Waals surface area contributed by atoms with E-state index in [-0.39, 0.29) is 0 Å². The highest BCUT2D eigenvalue weighted by molar-refractivity contribution is 8.06. The van der Waals surface area contributed by atoms with Crippen LogP contribution in [0.4, 0.5) is 11.4 Å². The van der Waals surface area contributed by atoms with Gasteiger partial charge in [0.15, 0.2) is 0 Å². The van der Waals surface area contributed by atoms with Crippen molar-refractivity contribution in [3.05, 3.63) is 81.2 Å². The lowest BCUT2D eigenvalue weighted by Gasteiger charge is -2.33. The van der Waals surface area contributed by atoms with Crippen molar-refractivity contribution >= 4 is 29.4 Å². The van der Waals surface area contributed by atoms with E-state index in [1.807, 2.05) is 13.8 Å². The zero-order valence-electron chi connectivity index (χ0n) is 26.9. The highest BCUT2D eigenvalue weighted by Crippen LogP contribution is 2.36. The zero-order valence-corrected chi connectivity index (χ0v) is 27.7. The molecule has 0 saturated heterocycles. The highest BCUT2D eigenvalue weighted by Gasteiger charge is 2.21. The molecular weight excluding hydrogens is 510 g/mol. The molecule has 2 aromatic rings. The third-order valence-electron chi connectivity index (χ3n) is 7.56. The van der Waals surface area contributed by atoms with Gasteiger partial charge in [0.25, 0.3) is 0 Å². The standard InChI is InChI=1S/C19H29NS.C10H14N2.C6H12O/c1-9-16(6)21-17(7)20(8)18(10-2)19-14(4)11-13(3)12-15(19)5;1-2-8-7-11-9-5-3-4-6-10(9)12-8;1-3-6(4-2)5-7/h9,11-12,18H,7,10H2,1-6,8H3;3-6,8,11-12H,2,7H2,1H3;5-6H,3-4H2,1-2H3/b16-9-;;. The Bertz CT molecular complexity index is 1070. The van der Waals surface area contributed by atoms with Gasteiger partial charge in [-0.3, -0.25) is 0 Å². The van der Waals surface area contributed by atoms with E-state index < -0.39 is 0 Å². The quantitative estimate of drug-likeness (QED) is 0.281. The second-order valence-electron chi connectivity index (χ2n) is 10.6. The number of fused-ring (bicyclic) bond motifs is 1. The van der Waals surface area contributed by atoms with E-state index in [0.717, 1.165) is 37.1 Å². The van der Waals surface area contributed by atoms with Crippen molar-refractivity contribution in [2.75, 3.05) is 24.2 Å². The van der Waals surface area contributed by atoms with Gasteiger partial charge in [-0.15, -0.1) is 0 Å². The van der Waals surface area contributed by atoms with Gasteiger partial charge in [-0.05, 0) is 94.0 Å². The molecule has 0 fully saturated rings. The van der Waals surface area contributed by atoms with Crippen molar-refractivity contribution in [3.63, 3.8) is 0 Å². The van der Waals surface area contributed by atoms with Crippen molar-refractivity contribution in [3.8, 4) is 0 Å². The fourth-order valence-electron chi connectivity index (χ4n) is 4.87. The first-order valence-corrected chi connectivity index (χ1v) is 15.7. The number of carbonyl (C=O) groups is 1. The van der Waals surface area contributed by atoms with Gasteiger partial charge >= 0.3 is 0 Å². The number of aldehydes is 1. The van der Waals surface area contributed by atoms with Crippen LogP contribution in [0.1, 0.15) is 95.5 Å². The molecule has 0 spiro atoms. The summed E-state index contributed by atoms with van der Waals surface area (Å²) in [5.74, 6) is 0.306. The second kappa shape index (κ2) is 18.6. The number of benzene rings is 2. The lowest BCUT2D eigenvalue weighted by atomic mass is 9.92. The first-order chi connectivity index (χ1) is 19.1. The number of para-hydroxylation sites is 2. The van der Waals surface area contributed by atoms with Crippen LogP contribution in [0.25, 0.3) is 0 Å². The van der Waals surface area contributed by atoms with E-state index in [1.54, 1.807) is 11.8 Å². The van der Waals surface area contributed by atoms with E-state index in [2.05, 4.69) is 120 Å². The van der Waals surface area contributed by atoms with Gasteiger partial charge in [-0.2, -0.15) is 0 Å². The first kappa shape index (κ1) is 35.4. The van der Waals surface area contributed by atoms with Crippen molar-refractivity contribution in [1.29, 1.82) is 0 Å². The molecule has 1 heterocycles. The van der Waals surface area contributed by atoms with Crippen molar-refractivity contribution in [2.24, 2.45) is 5.92 Å². The van der Waals surface area contributed by atoms with E-state index in [4.69, 9.17) is 0 Å². The van der Waals surface area contributed by atoms with Gasteiger partial charge in [-0.25, -0.2) is 0 Å². The monoisotopic (exact) mass is 565 g/mol. The molecule has 0 aliphatic carbocycles. The summed E-state index contributed by atoms with van der Waals surface area (Å²) in [5.41, 5.74) is 8.01. The van der Waals surface area contributed by atoms with Gasteiger partial charge < -0.3 is 20.3 Å². The van der Waals surface area contributed by atoms with Gasteiger partial charge in [0.05, 0.1) is 22.4 Å². The average molecular weight is 566 g/mol. The third kappa shape index (κ3) is 11.1. The molecule has 0 saturated carbocycles. The van der Waals surface area contributed by atoms with Crippen molar-refractivity contribution < 1.29 is 4.79 Å². The number of thioether (sulfide) groups is 1. The Balaban J connectivity index is 0.000000350. The molecule has 2 N–H and O–H groups in total. The minimum absolute atomic E-state index is 0.306. The maximum atomic E-state index is 9.97. The van der Waals surface area contributed by atoms with Gasteiger partial charge in [-0.1, -0.05) is 81.9 Å². The summed E-state index contributed by atoms with van der Waals surface area (Å²) in [5, 5.41) is 7.99. The molecule has 2 unspecified atom stereocenters. The number of anilines is 2. The van der Waals surface area contributed by atoms with Crippen LogP contribution in [0.5, 0.6) is 0 Å². The number of aryl methyl sites for hydroxylation is 3. The molecule has 0 aromatic heterocycles. The van der Waals surface area contributed by atoms with Crippen LogP contribution in [0.3, 0.4) is 0 Å². The zero-order chi connectivity index (χ0) is 30.2. The summed E-state index contributed by atoms with van der Waals surface area (Å²) < 4.78 is 0. The Morgan fingerprint density at radius 1 is 1.05 bits per heavy atom. The minimum atomic E-state index is 0.306. The molecule has 4 nitrogen and oxygen atoms in total. The molecule has 0 bridgehead atoms. The van der Waals surface area contributed by atoms with Crippen LogP contribution < -0.4 is 10.6 Å². The van der Waals surface area contributed by atoms with Crippen molar-refractivity contribution in [1.82, 2.24) is 4.90 Å². The van der Waals surface area contributed by atoms with Gasteiger partial charge in [0, 0.05) is 25.6 Å². The van der Waals surface area contributed by atoms with E-state index >= 15 is 0 Å². The average Bonchev–Trinajstić information content (AvgIpc) is 2.95. The Labute approximate surface area is 250 Å². The summed E-state index contributed by atoms with van der Waals surface area (Å²) in [6.45, 7) is 24.6. The molecule has 0 radical (unpaired) electrons. The van der Waals surface area contributed by atoms with E-state index in [0.29, 0.717) is 18.0 Å². The number of carbonyl (C=O) groups excluding carboxylic acids is 1. The van der Waals surface area contributed by atoms with Crippen LogP contribution in [0, 0.1) is 26.7 Å². The number of nitrogens with zero attached hydrogens (tertiary/aromatic N) is 1.